The maximum absolute atomic E-state index is 12.8. The highest BCUT2D eigenvalue weighted by molar-refractivity contribution is 5.71. The van der Waals surface area contributed by atoms with Crippen LogP contribution in [0.1, 0.15) is 290 Å². The highest BCUT2D eigenvalue weighted by Gasteiger charge is 2.19. The third kappa shape index (κ3) is 52.2. The third-order valence-corrected chi connectivity index (χ3v) is 12.3. The van der Waals surface area contributed by atoms with Crippen LogP contribution in [0.15, 0.2) is 48.6 Å². The molecule has 0 aromatic rings. The lowest BCUT2D eigenvalue weighted by molar-refractivity contribution is -0.167. The molecular formula is C59H106O6. The largest absolute Gasteiger partial charge is 0.462 e. The summed E-state index contributed by atoms with van der Waals surface area (Å²) >= 11 is 0. The molecule has 0 fully saturated rings. The Hall–Kier alpha value is -2.63. The number of ether oxygens (including phenoxy) is 3. The summed E-state index contributed by atoms with van der Waals surface area (Å²) in [4.78, 5) is 38.1. The van der Waals surface area contributed by atoms with Gasteiger partial charge in [-0.25, -0.2) is 0 Å². The number of unbranched alkanes of at least 4 members (excludes halogenated alkanes) is 32. The molecule has 0 radical (unpaired) electrons. The van der Waals surface area contributed by atoms with Gasteiger partial charge in [-0.1, -0.05) is 236 Å². The first kappa shape index (κ1) is 62.4. The summed E-state index contributed by atoms with van der Waals surface area (Å²) in [6.45, 7) is 6.59. The summed E-state index contributed by atoms with van der Waals surface area (Å²) in [7, 11) is 0. The molecule has 0 aliphatic carbocycles. The summed E-state index contributed by atoms with van der Waals surface area (Å²) < 4.78 is 16.8. The molecule has 0 saturated heterocycles. The van der Waals surface area contributed by atoms with E-state index in [0.29, 0.717) is 19.3 Å². The number of hydrogen-bond donors (Lipinski definition) is 0. The fraction of sp³-hybridized carbons (Fsp3) is 0.814. The van der Waals surface area contributed by atoms with E-state index in [1.54, 1.807) is 0 Å². The molecule has 6 heteroatoms. The van der Waals surface area contributed by atoms with Crippen molar-refractivity contribution in [2.24, 2.45) is 0 Å². The lowest BCUT2D eigenvalue weighted by Crippen LogP contribution is -2.30. The van der Waals surface area contributed by atoms with Gasteiger partial charge in [-0.2, -0.15) is 0 Å². The Balaban J connectivity index is 4.39. The molecule has 0 N–H and O–H groups in total. The molecule has 0 saturated carbocycles. The fourth-order valence-electron chi connectivity index (χ4n) is 8.03. The Morgan fingerprint density at radius 2 is 0.554 bits per heavy atom. The van der Waals surface area contributed by atoms with Crippen LogP contribution >= 0.6 is 0 Å². The third-order valence-electron chi connectivity index (χ3n) is 12.3. The van der Waals surface area contributed by atoms with E-state index in [1.165, 1.54) is 148 Å². The quantitative estimate of drug-likeness (QED) is 0.0262. The van der Waals surface area contributed by atoms with Crippen LogP contribution in [0.2, 0.25) is 0 Å². The van der Waals surface area contributed by atoms with Gasteiger partial charge in [0.2, 0.25) is 0 Å². The molecule has 0 aromatic heterocycles. The van der Waals surface area contributed by atoms with E-state index in [9.17, 15) is 14.4 Å². The predicted molar refractivity (Wildman–Crippen MR) is 279 cm³/mol. The van der Waals surface area contributed by atoms with E-state index in [2.05, 4.69) is 69.4 Å². The number of carbonyl (C=O) groups excluding carboxylic acids is 3. The zero-order chi connectivity index (χ0) is 47.2. The van der Waals surface area contributed by atoms with Crippen LogP contribution in [0, 0.1) is 0 Å². The molecule has 378 valence electrons. The Morgan fingerprint density at radius 1 is 0.308 bits per heavy atom. The van der Waals surface area contributed by atoms with Gasteiger partial charge in [0.15, 0.2) is 6.10 Å². The second kappa shape index (κ2) is 54.0. The average molecular weight is 911 g/mol. The van der Waals surface area contributed by atoms with Gasteiger partial charge >= 0.3 is 17.9 Å². The second-order valence-electron chi connectivity index (χ2n) is 18.8. The maximum atomic E-state index is 12.8. The smallest absolute Gasteiger partial charge is 0.306 e. The zero-order valence-corrected chi connectivity index (χ0v) is 43.3. The molecule has 0 aliphatic rings. The standard InChI is InChI=1S/C59H106O6/c1-4-7-10-13-16-19-22-25-28-29-32-34-37-40-43-46-49-52-58(61)64-55-56(65-59(62)53-50-47-44-41-38-35-31-27-24-21-18-15-12-9-6-3)54-63-57(60)51-48-45-42-39-36-33-30-26-23-20-17-14-11-8-5-2/h17-18,20-21,26-27,30-31,56H,4-16,19,22-25,28-29,32-55H2,1-3H3/b20-17-,21-18-,30-26-,31-27-/t56-/m1/s1. The first-order valence-electron chi connectivity index (χ1n) is 28.1. The lowest BCUT2D eigenvalue weighted by Gasteiger charge is -2.18. The van der Waals surface area contributed by atoms with Crippen LogP contribution in [0.4, 0.5) is 0 Å². The normalized spacial score (nSPS) is 12.4. The molecular weight excluding hydrogens is 805 g/mol. The van der Waals surface area contributed by atoms with E-state index in [-0.39, 0.29) is 31.1 Å². The molecule has 0 amide bonds. The van der Waals surface area contributed by atoms with Crippen molar-refractivity contribution < 1.29 is 28.6 Å². The molecule has 6 nitrogen and oxygen atoms in total. The predicted octanol–water partition coefficient (Wildman–Crippen LogP) is 18.7. The van der Waals surface area contributed by atoms with Gasteiger partial charge in [0.25, 0.3) is 0 Å². The van der Waals surface area contributed by atoms with Gasteiger partial charge in [0.05, 0.1) is 0 Å². The Morgan fingerprint density at radius 3 is 0.877 bits per heavy atom. The van der Waals surface area contributed by atoms with E-state index in [4.69, 9.17) is 14.2 Å². The van der Waals surface area contributed by atoms with Crippen LogP contribution in [0.5, 0.6) is 0 Å². The summed E-state index contributed by atoms with van der Waals surface area (Å²) in [5.41, 5.74) is 0. The minimum absolute atomic E-state index is 0.0807. The van der Waals surface area contributed by atoms with Gasteiger partial charge in [-0.15, -0.1) is 0 Å². The molecule has 0 bridgehead atoms. The SMILES string of the molecule is CCCCC/C=C\C/C=C\CCCCCCCC(=O)OC[C@H](COC(=O)CCCCCCCCCCCCCCCCCCC)OC(=O)CCCCCCC/C=C\C/C=C\CCCCC. The Kier molecular flexibility index (Phi) is 51.8. The van der Waals surface area contributed by atoms with Gasteiger partial charge in [-0.05, 0) is 83.5 Å². The average Bonchev–Trinajstić information content (AvgIpc) is 3.30. The minimum atomic E-state index is -0.784. The molecule has 65 heavy (non-hydrogen) atoms. The van der Waals surface area contributed by atoms with Crippen molar-refractivity contribution in [3.8, 4) is 0 Å². The maximum Gasteiger partial charge on any atom is 0.306 e. The van der Waals surface area contributed by atoms with Crippen molar-refractivity contribution in [1.29, 1.82) is 0 Å². The van der Waals surface area contributed by atoms with Crippen LogP contribution in [-0.4, -0.2) is 37.2 Å². The zero-order valence-electron chi connectivity index (χ0n) is 43.3. The van der Waals surface area contributed by atoms with E-state index < -0.39 is 6.10 Å². The number of esters is 3. The molecule has 0 unspecified atom stereocenters. The van der Waals surface area contributed by atoms with E-state index in [0.717, 1.165) is 103 Å². The molecule has 0 heterocycles. The van der Waals surface area contributed by atoms with Crippen molar-refractivity contribution in [2.75, 3.05) is 13.2 Å². The Labute approximate surface area is 403 Å². The first-order chi connectivity index (χ1) is 32.0. The summed E-state index contributed by atoms with van der Waals surface area (Å²) in [6, 6.07) is 0. The topological polar surface area (TPSA) is 78.9 Å². The van der Waals surface area contributed by atoms with Gasteiger partial charge in [0.1, 0.15) is 13.2 Å². The van der Waals surface area contributed by atoms with Crippen LogP contribution in [0.25, 0.3) is 0 Å². The lowest BCUT2D eigenvalue weighted by atomic mass is 10.0. The van der Waals surface area contributed by atoms with Gasteiger partial charge in [0, 0.05) is 19.3 Å². The molecule has 0 rings (SSSR count). The second-order valence-corrected chi connectivity index (χ2v) is 18.8. The molecule has 0 aromatic carbocycles. The molecule has 1 atom stereocenters. The van der Waals surface area contributed by atoms with Gasteiger partial charge in [-0.3, -0.25) is 14.4 Å². The highest BCUT2D eigenvalue weighted by atomic mass is 16.6. The monoisotopic (exact) mass is 911 g/mol. The van der Waals surface area contributed by atoms with E-state index >= 15 is 0 Å². The van der Waals surface area contributed by atoms with Crippen LogP contribution in [0.3, 0.4) is 0 Å². The number of allylic oxidation sites excluding steroid dienone is 8. The summed E-state index contributed by atoms with van der Waals surface area (Å²) in [5, 5.41) is 0. The number of carbonyl (C=O) groups is 3. The molecule has 0 spiro atoms. The highest BCUT2D eigenvalue weighted by Crippen LogP contribution is 2.16. The fourth-order valence-corrected chi connectivity index (χ4v) is 8.03. The molecule has 0 aliphatic heterocycles. The van der Waals surface area contributed by atoms with Crippen molar-refractivity contribution >= 4 is 17.9 Å². The van der Waals surface area contributed by atoms with Crippen molar-refractivity contribution in [1.82, 2.24) is 0 Å². The van der Waals surface area contributed by atoms with Crippen LogP contribution < -0.4 is 0 Å². The van der Waals surface area contributed by atoms with Gasteiger partial charge < -0.3 is 14.2 Å². The minimum Gasteiger partial charge on any atom is -0.462 e. The summed E-state index contributed by atoms with van der Waals surface area (Å²) in [6.07, 6.45) is 65.2. The van der Waals surface area contributed by atoms with Crippen LogP contribution in [-0.2, 0) is 28.6 Å². The van der Waals surface area contributed by atoms with Crippen molar-refractivity contribution in [3.63, 3.8) is 0 Å². The first-order valence-corrected chi connectivity index (χ1v) is 28.1. The number of rotatable bonds is 51. The van der Waals surface area contributed by atoms with Crippen molar-refractivity contribution in [3.05, 3.63) is 48.6 Å². The Bertz CT molecular complexity index is 1140. The van der Waals surface area contributed by atoms with Crippen molar-refractivity contribution in [2.45, 2.75) is 297 Å². The summed E-state index contributed by atoms with van der Waals surface area (Å²) in [5.74, 6) is -0.896. The van der Waals surface area contributed by atoms with E-state index in [1.807, 2.05) is 0 Å². The number of hydrogen-bond acceptors (Lipinski definition) is 6.